The van der Waals surface area contributed by atoms with Gasteiger partial charge in [0.2, 0.25) is 5.91 Å². The Morgan fingerprint density at radius 3 is 2.24 bits per heavy atom. The fourth-order valence-electron chi connectivity index (χ4n) is 4.11. The molecule has 1 aromatic carbocycles. The number of carbonyl (C=O) groups is 2. The summed E-state index contributed by atoms with van der Waals surface area (Å²) in [7, 11) is 3.21. The number of amides is 2. The van der Waals surface area contributed by atoms with Crippen LogP contribution in [-0.2, 0) is 11.3 Å². The molecular weight excluding hydrogens is 432 g/mol. The summed E-state index contributed by atoms with van der Waals surface area (Å²) < 4.78 is 13.0. The predicted octanol–water partition coefficient (Wildman–Crippen LogP) is 4.04. The molecule has 1 aliphatic carbocycles. The second-order valence-corrected chi connectivity index (χ2v) is 9.82. The molecule has 0 radical (unpaired) electrons. The van der Waals surface area contributed by atoms with Crippen LogP contribution in [0.1, 0.15) is 63.9 Å². The molecule has 34 heavy (non-hydrogen) atoms. The van der Waals surface area contributed by atoms with E-state index >= 15 is 0 Å². The van der Waals surface area contributed by atoms with Crippen LogP contribution in [0.3, 0.4) is 0 Å². The zero-order valence-electron chi connectivity index (χ0n) is 21.2. The van der Waals surface area contributed by atoms with E-state index in [1.54, 1.807) is 20.3 Å². The molecule has 1 fully saturated rings. The van der Waals surface area contributed by atoms with Crippen molar-refractivity contribution in [3.8, 4) is 22.8 Å². The van der Waals surface area contributed by atoms with E-state index in [2.05, 4.69) is 29.6 Å². The SMILES string of the molecule is COc1cccc(OC)c1-c1cc(C(=O)NC(CC(C)C)C(=O)NC2CCC2)nn1CC(C)C. The van der Waals surface area contributed by atoms with Gasteiger partial charge in [-0.3, -0.25) is 14.3 Å². The third-order valence-electron chi connectivity index (χ3n) is 6.02. The average Bonchev–Trinajstić information content (AvgIpc) is 3.17. The standard InChI is InChI=1S/C26H38N4O4/c1-16(2)13-19(25(31)27-18-9-7-10-18)28-26(32)20-14-21(30(29-20)15-17(3)4)24-22(33-5)11-8-12-23(24)34-6/h8,11-12,14,16-19H,7,9-10,13,15H2,1-6H3,(H,27,31)(H,28,32). The van der Waals surface area contributed by atoms with Crippen LogP contribution in [0.15, 0.2) is 24.3 Å². The number of methoxy groups -OCH3 is 2. The van der Waals surface area contributed by atoms with Crippen molar-refractivity contribution >= 4 is 11.8 Å². The number of ether oxygens (including phenoxy) is 2. The lowest BCUT2D eigenvalue weighted by Crippen LogP contribution is -2.51. The Balaban J connectivity index is 1.92. The van der Waals surface area contributed by atoms with Gasteiger partial charge in [0.15, 0.2) is 5.69 Å². The van der Waals surface area contributed by atoms with Gasteiger partial charge in [-0.25, -0.2) is 0 Å². The fourth-order valence-corrected chi connectivity index (χ4v) is 4.11. The van der Waals surface area contributed by atoms with Crippen molar-refractivity contribution in [2.45, 2.75) is 72.0 Å². The highest BCUT2D eigenvalue weighted by Crippen LogP contribution is 2.38. The van der Waals surface area contributed by atoms with Crippen LogP contribution in [0.25, 0.3) is 11.3 Å². The van der Waals surface area contributed by atoms with E-state index in [1.807, 2.05) is 36.7 Å². The van der Waals surface area contributed by atoms with Crippen LogP contribution in [0.5, 0.6) is 11.5 Å². The molecule has 2 aromatic rings. The third-order valence-corrected chi connectivity index (χ3v) is 6.02. The van der Waals surface area contributed by atoms with Gasteiger partial charge in [0.05, 0.1) is 25.5 Å². The number of rotatable bonds is 11. The number of benzene rings is 1. The minimum Gasteiger partial charge on any atom is -0.496 e. The Morgan fingerprint density at radius 2 is 1.74 bits per heavy atom. The molecular formula is C26H38N4O4. The second-order valence-electron chi connectivity index (χ2n) is 9.82. The molecule has 0 spiro atoms. The molecule has 186 valence electrons. The largest absolute Gasteiger partial charge is 0.496 e. The third kappa shape index (κ3) is 6.10. The topological polar surface area (TPSA) is 94.5 Å². The smallest absolute Gasteiger partial charge is 0.272 e. The molecule has 2 N–H and O–H groups in total. The van der Waals surface area contributed by atoms with E-state index in [9.17, 15) is 9.59 Å². The van der Waals surface area contributed by atoms with Crippen molar-refractivity contribution in [3.05, 3.63) is 30.0 Å². The molecule has 8 nitrogen and oxygen atoms in total. The van der Waals surface area contributed by atoms with Gasteiger partial charge in [-0.15, -0.1) is 0 Å². The summed E-state index contributed by atoms with van der Waals surface area (Å²) in [6, 6.07) is 6.92. The number of aromatic nitrogens is 2. The van der Waals surface area contributed by atoms with Crippen LogP contribution in [0, 0.1) is 11.8 Å². The van der Waals surface area contributed by atoms with Crippen LogP contribution >= 0.6 is 0 Å². The molecule has 1 aromatic heterocycles. The highest BCUT2D eigenvalue weighted by atomic mass is 16.5. The summed E-state index contributed by atoms with van der Waals surface area (Å²) in [4.78, 5) is 26.1. The first kappa shape index (κ1) is 25.6. The molecule has 1 aliphatic rings. The first-order valence-corrected chi connectivity index (χ1v) is 12.1. The molecule has 3 rings (SSSR count). The van der Waals surface area contributed by atoms with E-state index in [-0.39, 0.29) is 29.5 Å². The van der Waals surface area contributed by atoms with E-state index in [4.69, 9.17) is 9.47 Å². The van der Waals surface area contributed by atoms with E-state index in [1.165, 1.54) is 0 Å². The molecule has 1 heterocycles. The Labute approximate surface area is 202 Å². The van der Waals surface area contributed by atoms with Gasteiger partial charge in [-0.05, 0) is 55.7 Å². The number of hydrogen-bond acceptors (Lipinski definition) is 5. The predicted molar refractivity (Wildman–Crippen MR) is 132 cm³/mol. The number of hydrogen-bond donors (Lipinski definition) is 2. The van der Waals surface area contributed by atoms with Crippen LogP contribution in [-0.4, -0.2) is 47.9 Å². The highest BCUT2D eigenvalue weighted by molar-refractivity contribution is 5.97. The fraction of sp³-hybridized carbons (Fsp3) is 0.577. The van der Waals surface area contributed by atoms with Crippen molar-refractivity contribution in [3.63, 3.8) is 0 Å². The highest BCUT2D eigenvalue weighted by Gasteiger charge is 2.28. The van der Waals surface area contributed by atoms with Crippen LogP contribution < -0.4 is 20.1 Å². The number of carbonyl (C=O) groups excluding carboxylic acids is 2. The number of nitrogens with zero attached hydrogens (tertiary/aromatic N) is 2. The maximum absolute atomic E-state index is 13.3. The van der Waals surface area contributed by atoms with Gasteiger partial charge in [0.25, 0.3) is 5.91 Å². The van der Waals surface area contributed by atoms with Crippen molar-refractivity contribution in [1.29, 1.82) is 0 Å². The molecule has 1 atom stereocenters. The minimum atomic E-state index is -0.604. The molecule has 0 saturated heterocycles. The zero-order valence-corrected chi connectivity index (χ0v) is 21.2. The summed E-state index contributed by atoms with van der Waals surface area (Å²) in [6.07, 6.45) is 3.69. The van der Waals surface area contributed by atoms with Gasteiger partial charge < -0.3 is 20.1 Å². The molecule has 0 aliphatic heterocycles. The molecule has 8 heteroatoms. The Hall–Kier alpha value is -3.03. The summed E-state index contributed by atoms with van der Waals surface area (Å²) in [6.45, 7) is 8.88. The Bertz CT molecular complexity index is 972. The summed E-state index contributed by atoms with van der Waals surface area (Å²) in [5, 5.41) is 10.6. The maximum atomic E-state index is 13.3. The average molecular weight is 471 g/mol. The summed E-state index contributed by atoms with van der Waals surface area (Å²) in [5.74, 6) is 1.33. The van der Waals surface area contributed by atoms with Gasteiger partial charge in [-0.2, -0.15) is 5.10 Å². The monoisotopic (exact) mass is 470 g/mol. The molecule has 0 bridgehead atoms. The van der Waals surface area contributed by atoms with Crippen molar-refractivity contribution in [1.82, 2.24) is 20.4 Å². The molecule has 1 unspecified atom stereocenters. The zero-order chi connectivity index (χ0) is 24.8. The van der Waals surface area contributed by atoms with Crippen LogP contribution in [0.2, 0.25) is 0 Å². The lowest BCUT2D eigenvalue weighted by molar-refractivity contribution is -0.124. The first-order chi connectivity index (χ1) is 16.2. The van der Waals surface area contributed by atoms with E-state index < -0.39 is 6.04 Å². The van der Waals surface area contributed by atoms with Gasteiger partial charge in [0.1, 0.15) is 17.5 Å². The van der Waals surface area contributed by atoms with Crippen LogP contribution in [0.4, 0.5) is 0 Å². The van der Waals surface area contributed by atoms with Gasteiger partial charge in [-0.1, -0.05) is 33.8 Å². The van der Waals surface area contributed by atoms with Crippen molar-refractivity contribution < 1.29 is 19.1 Å². The lowest BCUT2D eigenvalue weighted by Gasteiger charge is -2.29. The summed E-state index contributed by atoms with van der Waals surface area (Å²) in [5.41, 5.74) is 1.72. The van der Waals surface area contributed by atoms with Gasteiger partial charge in [0, 0.05) is 12.6 Å². The second kappa shape index (κ2) is 11.4. The number of nitrogens with one attached hydrogen (secondary N) is 2. The molecule has 1 saturated carbocycles. The normalized spacial score (nSPS) is 14.6. The first-order valence-electron chi connectivity index (χ1n) is 12.1. The van der Waals surface area contributed by atoms with Crippen molar-refractivity contribution in [2.24, 2.45) is 11.8 Å². The Morgan fingerprint density at radius 1 is 1.09 bits per heavy atom. The van der Waals surface area contributed by atoms with E-state index in [0.717, 1.165) is 30.5 Å². The van der Waals surface area contributed by atoms with Crippen molar-refractivity contribution in [2.75, 3.05) is 14.2 Å². The lowest BCUT2D eigenvalue weighted by atomic mass is 9.92. The quantitative estimate of drug-likeness (QED) is 0.517. The molecule has 2 amide bonds. The Kier molecular flexibility index (Phi) is 8.58. The minimum absolute atomic E-state index is 0.125. The summed E-state index contributed by atoms with van der Waals surface area (Å²) >= 11 is 0. The van der Waals surface area contributed by atoms with E-state index in [0.29, 0.717) is 30.4 Å². The maximum Gasteiger partial charge on any atom is 0.272 e. The van der Waals surface area contributed by atoms with Gasteiger partial charge >= 0.3 is 0 Å².